The lowest BCUT2D eigenvalue weighted by atomic mass is 10.2. The Labute approximate surface area is 133 Å². The van der Waals surface area contributed by atoms with Crippen LogP contribution in [0, 0.1) is 12.7 Å². The van der Waals surface area contributed by atoms with Crippen molar-refractivity contribution in [2.75, 3.05) is 0 Å². The molecule has 0 aliphatic heterocycles. The van der Waals surface area contributed by atoms with E-state index in [-0.39, 0.29) is 11.7 Å². The molecule has 2 heterocycles. The molecule has 0 bridgehead atoms. The van der Waals surface area contributed by atoms with Crippen molar-refractivity contribution in [2.24, 2.45) is 0 Å². The van der Waals surface area contributed by atoms with E-state index in [2.05, 4.69) is 10.3 Å². The molecule has 0 spiro atoms. The lowest BCUT2D eigenvalue weighted by Gasteiger charge is -1.98. The van der Waals surface area contributed by atoms with Crippen LogP contribution in [0.1, 0.15) is 17.0 Å². The zero-order valence-electron chi connectivity index (χ0n) is 12.7. The van der Waals surface area contributed by atoms with Crippen molar-refractivity contribution >= 4 is 17.6 Å². The van der Waals surface area contributed by atoms with Crippen LogP contribution in [-0.4, -0.2) is 15.3 Å². The normalized spacial score (nSPS) is 11.2. The Morgan fingerprint density at radius 2 is 2.04 bits per heavy atom. The fourth-order valence-corrected chi connectivity index (χ4v) is 2.27. The highest BCUT2D eigenvalue weighted by Crippen LogP contribution is 2.08. The maximum absolute atomic E-state index is 12.8. The molecule has 0 fully saturated rings. The molecule has 1 N–H and O–H groups in total. The molecule has 1 aromatic carbocycles. The number of aryl methyl sites for hydroxylation is 1. The van der Waals surface area contributed by atoms with E-state index >= 15 is 0 Å². The fraction of sp³-hybridized carbons (Fsp3) is 0.111. The number of carbonyl (C=O) groups is 1. The number of hydrogen-bond acceptors (Lipinski definition) is 2. The van der Waals surface area contributed by atoms with Gasteiger partial charge < -0.3 is 9.72 Å². The Bertz CT molecular complexity index is 866. The molecule has 0 saturated heterocycles. The van der Waals surface area contributed by atoms with Gasteiger partial charge in [0.1, 0.15) is 11.5 Å². The van der Waals surface area contributed by atoms with E-state index in [9.17, 15) is 9.18 Å². The first kappa shape index (κ1) is 15.0. The van der Waals surface area contributed by atoms with Crippen LogP contribution in [0.15, 0.2) is 54.7 Å². The van der Waals surface area contributed by atoms with Crippen molar-refractivity contribution in [1.82, 2.24) is 14.7 Å². The van der Waals surface area contributed by atoms with Gasteiger partial charge in [-0.3, -0.25) is 4.79 Å². The molecule has 0 radical (unpaired) electrons. The Kier molecular flexibility index (Phi) is 4.19. The summed E-state index contributed by atoms with van der Waals surface area (Å²) in [5.74, 6) is -0.517. The number of pyridine rings is 1. The molecular formula is C18H16FN3O. The average Bonchev–Trinajstić information content (AvgIpc) is 2.97. The first-order valence-corrected chi connectivity index (χ1v) is 7.27. The predicted octanol–water partition coefficient (Wildman–Crippen LogP) is 3.11. The Morgan fingerprint density at radius 1 is 1.26 bits per heavy atom. The van der Waals surface area contributed by atoms with Gasteiger partial charge in [-0.05, 0) is 42.8 Å². The maximum Gasteiger partial charge on any atom is 0.244 e. The van der Waals surface area contributed by atoms with Gasteiger partial charge in [-0.15, -0.1) is 0 Å². The van der Waals surface area contributed by atoms with Gasteiger partial charge in [0.15, 0.2) is 0 Å². The second kappa shape index (κ2) is 6.44. The number of benzene rings is 1. The van der Waals surface area contributed by atoms with Crippen molar-refractivity contribution in [2.45, 2.75) is 13.5 Å². The monoisotopic (exact) mass is 309 g/mol. The number of aromatic nitrogens is 2. The summed E-state index contributed by atoms with van der Waals surface area (Å²) in [6, 6.07) is 11.8. The summed E-state index contributed by atoms with van der Waals surface area (Å²) in [6.45, 7) is 2.36. The minimum atomic E-state index is -0.297. The van der Waals surface area contributed by atoms with Crippen molar-refractivity contribution in [3.05, 3.63) is 77.5 Å². The Hall–Kier alpha value is -2.95. The number of amides is 1. The van der Waals surface area contributed by atoms with E-state index in [1.807, 2.05) is 35.7 Å². The molecule has 0 atom stereocenters. The van der Waals surface area contributed by atoms with Gasteiger partial charge in [0.05, 0.1) is 12.2 Å². The molecule has 0 aliphatic carbocycles. The lowest BCUT2D eigenvalue weighted by Crippen LogP contribution is -2.20. The predicted molar refractivity (Wildman–Crippen MR) is 87.2 cm³/mol. The Morgan fingerprint density at radius 3 is 2.78 bits per heavy atom. The first-order chi connectivity index (χ1) is 11.1. The number of fused-ring (bicyclic) bond motifs is 1. The smallest absolute Gasteiger partial charge is 0.244 e. The number of nitrogens with zero attached hydrogens (tertiary/aromatic N) is 2. The van der Waals surface area contributed by atoms with Gasteiger partial charge >= 0.3 is 0 Å². The van der Waals surface area contributed by atoms with Crippen LogP contribution >= 0.6 is 0 Å². The molecule has 5 heteroatoms. The van der Waals surface area contributed by atoms with E-state index in [1.165, 1.54) is 18.2 Å². The number of halogens is 1. The molecule has 3 rings (SSSR count). The van der Waals surface area contributed by atoms with Crippen LogP contribution in [0.5, 0.6) is 0 Å². The van der Waals surface area contributed by atoms with E-state index in [4.69, 9.17) is 0 Å². The first-order valence-electron chi connectivity index (χ1n) is 7.27. The van der Waals surface area contributed by atoms with Gasteiger partial charge in [-0.25, -0.2) is 9.37 Å². The molecule has 2 aromatic heterocycles. The van der Waals surface area contributed by atoms with Crippen molar-refractivity contribution in [1.29, 1.82) is 0 Å². The zero-order valence-corrected chi connectivity index (χ0v) is 12.7. The van der Waals surface area contributed by atoms with Gasteiger partial charge in [0.25, 0.3) is 0 Å². The number of carbonyl (C=O) groups excluding carboxylic acids is 1. The summed E-state index contributed by atoms with van der Waals surface area (Å²) in [5.41, 5.74) is 3.51. The maximum atomic E-state index is 12.8. The SMILES string of the molecule is Cc1cccc2nc(CNC(=O)C=Cc3ccc(F)cc3)cn12. The zero-order chi connectivity index (χ0) is 16.2. The fourth-order valence-electron chi connectivity index (χ4n) is 2.27. The minimum Gasteiger partial charge on any atom is -0.347 e. The summed E-state index contributed by atoms with van der Waals surface area (Å²) in [5, 5.41) is 2.79. The van der Waals surface area contributed by atoms with Crippen molar-refractivity contribution in [3.8, 4) is 0 Å². The average molecular weight is 309 g/mol. The Balaban J connectivity index is 1.61. The van der Waals surface area contributed by atoms with Crippen LogP contribution in [0.4, 0.5) is 4.39 Å². The minimum absolute atomic E-state index is 0.219. The summed E-state index contributed by atoms with van der Waals surface area (Å²) in [6.07, 6.45) is 4.98. The molecular weight excluding hydrogens is 293 g/mol. The van der Waals surface area contributed by atoms with Crippen LogP contribution in [-0.2, 0) is 11.3 Å². The van der Waals surface area contributed by atoms with E-state index in [0.717, 1.165) is 22.6 Å². The van der Waals surface area contributed by atoms with Gasteiger partial charge in [0, 0.05) is 18.0 Å². The second-order valence-electron chi connectivity index (χ2n) is 5.23. The van der Waals surface area contributed by atoms with Gasteiger partial charge in [-0.1, -0.05) is 18.2 Å². The van der Waals surface area contributed by atoms with Crippen LogP contribution in [0.3, 0.4) is 0 Å². The summed E-state index contributed by atoms with van der Waals surface area (Å²) >= 11 is 0. The number of nitrogens with one attached hydrogen (secondary N) is 1. The van der Waals surface area contributed by atoms with Crippen LogP contribution in [0.25, 0.3) is 11.7 Å². The lowest BCUT2D eigenvalue weighted by molar-refractivity contribution is -0.116. The molecule has 0 aliphatic rings. The van der Waals surface area contributed by atoms with Gasteiger partial charge in [-0.2, -0.15) is 0 Å². The van der Waals surface area contributed by atoms with Crippen molar-refractivity contribution in [3.63, 3.8) is 0 Å². The second-order valence-corrected chi connectivity index (χ2v) is 5.23. The summed E-state index contributed by atoms with van der Waals surface area (Å²) in [4.78, 5) is 16.3. The molecule has 4 nitrogen and oxygen atoms in total. The van der Waals surface area contributed by atoms with E-state index < -0.39 is 0 Å². The molecule has 0 saturated carbocycles. The molecule has 0 unspecified atom stereocenters. The topological polar surface area (TPSA) is 46.4 Å². The quantitative estimate of drug-likeness (QED) is 0.753. The highest BCUT2D eigenvalue weighted by atomic mass is 19.1. The third-order valence-corrected chi connectivity index (χ3v) is 3.49. The molecule has 23 heavy (non-hydrogen) atoms. The van der Waals surface area contributed by atoms with Crippen molar-refractivity contribution < 1.29 is 9.18 Å². The number of hydrogen-bond donors (Lipinski definition) is 1. The number of imidazole rings is 1. The largest absolute Gasteiger partial charge is 0.347 e. The standard InChI is InChI=1S/C18H16FN3O/c1-13-3-2-4-17-21-16(12-22(13)17)11-20-18(23)10-7-14-5-8-15(19)9-6-14/h2-10,12H,11H2,1H3,(H,20,23). The van der Waals surface area contributed by atoms with E-state index in [1.54, 1.807) is 18.2 Å². The summed E-state index contributed by atoms with van der Waals surface area (Å²) < 4.78 is 14.8. The highest BCUT2D eigenvalue weighted by molar-refractivity contribution is 5.91. The number of rotatable bonds is 4. The van der Waals surface area contributed by atoms with Crippen LogP contribution < -0.4 is 5.32 Å². The van der Waals surface area contributed by atoms with Gasteiger partial charge in [0.2, 0.25) is 5.91 Å². The molecule has 3 aromatic rings. The molecule has 116 valence electrons. The third kappa shape index (κ3) is 3.63. The highest BCUT2D eigenvalue weighted by Gasteiger charge is 2.04. The van der Waals surface area contributed by atoms with Crippen LogP contribution in [0.2, 0.25) is 0 Å². The summed E-state index contributed by atoms with van der Waals surface area (Å²) in [7, 11) is 0. The molecule has 1 amide bonds. The van der Waals surface area contributed by atoms with E-state index in [0.29, 0.717) is 6.54 Å². The third-order valence-electron chi connectivity index (χ3n) is 3.49.